The molecule has 0 radical (unpaired) electrons. The molecule has 0 aliphatic rings. The van der Waals surface area contributed by atoms with E-state index in [1.54, 1.807) is 0 Å². The summed E-state index contributed by atoms with van der Waals surface area (Å²) in [5, 5.41) is 3.58. The third-order valence-corrected chi connectivity index (χ3v) is 2.43. The quantitative estimate of drug-likeness (QED) is 0.372. The van der Waals surface area contributed by atoms with E-state index in [4.69, 9.17) is 0 Å². The highest BCUT2D eigenvalue weighted by atomic mass is 15.1. The van der Waals surface area contributed by atoms with Crippen LogP contribution in [0.2, 0.25) is 0 Å². The average molecular weight is 213 g/mol. The molecule has 0 aromatic carbocycles. The fourth-order valence-corrected chi connectivity index (χ4v) is 1.79. The second kappa shape index (κ2) is 10.0. The van der Waals surface area contributed by atoms with Gasteiger partial charge in [0.05, 0.1) is 19.6 Å². The molecular formula is C13H29N2+. The van der Waals surface area contributed by atoms with Crippen molar-refractivity contribution in [1.29, 1.82) is 0 Å². The van der Waals surface area contributed by atoms with E-state index in [1.807, 2.05) is 0 Å². The lowest BCUT2D eigenvalue weighted by atomic mass is 10.2. The van der Waals surface area contributed by atoms with Crippen molar-refractivity contribution in [2.75, 3.05) is 19.6 Å². The fourth-order valence-electron chi connectivity index (χ4n) is 1.79. The second-order valence-corrected chi connectivity index (χ2v) is 4.11. The van der Waals surface area contributed by atoms with Gasteiger partial charge in [0.2, 0.25) is 5.84 Å². The molecule has 0 saturated heterocycles. The molecule has 0 spiro atoms. The van der Waals surface area contributed by atoms with Gasteiger partial charge in [0.15, 0.2) is 0 Å². The minimum atomic E-state index is 1.11. The Hall–Kier alpha value is -0.530. The molecule has 90 valence electrons. The van der Waals surface area contributed by atoms with E-state index in [0.717, 1.165) is 6.54 Å². The third kappa shape index (κ3) is 6.53. The van der Waals surface area contributed by atoms with Crippen LogP contribution in [-0.2, 0) is 0 Å². The zero-order valence-corrected chi connectivity index (χ0v) is 11.1. The lowest BCUT2D eigenvalue weighted by Gasteiger charge is -2.11. The van der Waals surface area contributed by atoms with Crippen LogP contribution in [0, 0.1) is 0 Å². The summed E-state index contributed by atoms with van der Waals surface area (Å²) < 4.78 is 2.53. The Morgan fingerprint density at radius 1 is 0.867 bits per heavy atom. The molecule has 0 unspecified atom stereocenters. The molecule has 0 aliphatic heterocycles. The molecule has 2 heteroatoms. The summed E-state index contributed by atoms with van der Waals surface area (Å²) in [6, 6.07) is 0. The second-order valence-electron chi connectivity index (χ2n) is 4.11. The normalized spacial score (nSPS) is 10.1. The van der Waals surface area contributed by atoms with Crippen LogP contribution in [0.25, 0.3) is 0 Å². The predicted molar refractivity (Wildman–Crippen MR) is 68.8 cm³/mol. The Bertz CT molecular complexity index is 165. The molecule has 0 fully saturated rings. The smallest absolute Gasteiger partial charge is 0.244 e. The molecule has 0 atom stereocenters. The Balaban J connectivity index is 4.45. The maximum Gasteiger partial charge on any atom is 0.244 e. The lowest BCUT2D eigenvalue weighted by Crippen LogP contribution is -2.35. The highest BCUT2D eigenvalue weighted by Crippen LogP contribution is 1.94. The van der Waals surface area contributed by atoms with E-state index in [-0.39, 0.29) is 0 Å². The maximum atomic E-state index is 3.58. The van der Waals surface area contributed by atoms with Crippen LogP contribution in [0.4, 0.5) is 0 Å². The van der Waals surface area contributed by atoms with Crippen molar-refractivity contribution >= 4 is 5.84 Å². The van der Waals surface area contributed by atoms with Crippen molar-refractivity contribution in [3.8, 4) is 0 Å². The summed E-state index contributed by atoms with van der Waals surface area (Å²) in [4.78, 5) is 0. The van der Waals surface area contributed by atoms with Crippen LogP contribution in [-0.4, -0.2) is 30.0 Å². The van der Waals surface area contributed by atoms with E-state index < -0.39 is 0 Å². The topological polar surface area (TPSA) is 15.0 Å². The first-order valence-electron chi connectivity index (χ1n) is 6.64. The zero-order valence-electron chi connectivity index (χ0n) is 11.1. The number of rotatable bonds is 8. The zero-order chi connectivity index (χ0) is 11.5. The summed E-state index contributed by atoms with van der Waals surface area (Å²) in [6.07, 6.45) is 6.11. The van der Waals surface area contributed by atoms with Gasteiger partial charge in [-0.05, 0) is 25.7 Å². The first-order valence-corrected chi connectivity index (χ1v) is 6.64. The predicted octanol–water partition coefficient (Wildman–Crippen LogP) is 3.02. The van der Waals surface area contributed by atoms with E-state index in [0.29, 0.717) is 0 Å². The van der Waals surface area contributed by atoms with Gasteiger partial charge in [0.1, 0.15) is 0 Å². The van der Waals surface area contributed by atoms with Crippen LogP contribution in [0.3, 0.4) is 0 Å². The monoisotopic (exact) mass is 213 g/mol. The maximum absolute atomic E-state index is 3.58. The summed E-state index contributed by atoms with van der Waals surface area (Å²) in [7, 11) is 0. The van der Waals surface area contributed by atoms with Crippen molar-refractivity contribution < 1.29 is 4.58 Å². The molecule has 0 aromatic heterocycles. The van der Waals surface area contributed by atoms with Gasteiger partial charge in [-0.2, -0.15) is 0 Å². The fraction of sp³-hybridized carbons (Fsp3) is 0.923. The number of hydrogen-bond donors (Lipinski definition) is 1. The Labute approximate surface area is 95.8 Å². The van der Waals surface area contributed by atoms with E-state index >= 15 is 0 Å². The van der Waals surface area contributed by atoms with Crippen molar-refractivity contribution in [3.05, 3.63) is 0 Å². The molecule has 0 aliphatic carbocycles. The standard InChI is InChI=1S/C13H28N2/c1-5-9-13(14-10-6-2)15(11-7-3)12-8-4/h5-12H2,1-4H3/p+1. The molecule has 0 heterocycles. The van der Waals surface area contributed by atoms with Crippen LogP contribution >= 0.6 is 0 Å². The van der Waals surface area contributed by atoms with E-state index in [9.17, 15) is 0 Å². The first kappa shape index (κ1) is 14.5. The molecule has 15 heavy (non-hydrogen) atoms. The first-order chi connectivity index (χ1) is 7.29. The minimum absolute atomic E-state index is 1.11. The summed E-state index contributed by atoms with van der Waals surface area (Å²) >= 11 is 0. The molecular weight excluding hydrogens is 184 g/mol. The minimum Gasteiger partial charge on any atom is -0.278 e. The van der Waals surface area contributed by atoms with Crippen molar-refractivity contribution in [2.24, 2.45) is 0 Å². The SMILES string of the molecule is CCCNC(CCC)=[N+](CCC)CCC. The van der Waals surface area contributed by atoms with Crippen LogP contribution in [0.1, 0.15) is 59.8 Å². The van der Waals surface area contributed by atoms with Crippen molar-refractivity contribution in [3.63, 3.8) is 0 Å². The summed E-state index contributed by atoms with van der Waals surface area (Å²) in [5.41, 5.74) is 0. The molecule has 0 bridgehead atoms. The van der Waals surface area contributed by atoms with Crippen molar-refractivity contribution in [1.82, 2.24) is 5.32 Å². The molecule has 1 N–H and O–H groups in total. The largest absolute Gasteiger partial charge is 0.278 e. The Morgan fingerprint density at radius 3 is 1.87 bits per heavy atom. The summed E-state index contributed by atoms with van der Waals surface area (Å²) in [6.45, 7) is 12.5. The van der Waals surface area contributed by atoms with Gasteiger partial charge >= 0.3 is 0 Å². The summed E-state index contributed by atoms with van der Waals surface area (Å²) in [5.74, 6) is 1.46. The number of nitrogens with one attached hydrogen (secondary N) is 1. The van der Waals surface area contributed by atoms with Gasteiger partial charge in [-0.25, -0.2) is 0 Å². The number of amidine groups is 1. The van der Waals surface area contributed by atoms with Crippen LogP contribution < -0.4 is 5.32 Å². The highest BCUT2D eigenvalue weighted by Gasteiger charge is 2.10. The molecule has 2 nitrogen and oxygen atoms in total. The van der Waals surface area contributed by atoms with Gasteiger partial charge in [0, 0.05) is 6.42 Å². The number of nitrogens with zero attached hydrogens (tertiary/aromatic N) is 1. The lowest BCUT2D eigenvalue weighted by molar-refractivity contribution is -0.531. The van der Waals surface area contributed by atoms with Crippen molar-refractivity contribution in [2.45, 2.75) is 59.8 Å². The van der Waals surface area contributed by atoms with Gasteiger partial charge in [-0.1, -0.05) is 27.7 Å². The molecule has 0 saturated carbocycles. The Morgan fingerprint density at radius 2 is 1.47 bits per heavy atom. The van der Waals surface area contributed by atoms with Gasteiger partial charge in [-0.3, -0.25) is 9.89 Å². The van der Waals surface area contributed by atoms with E-state index in [2.05, 4.69) is 37.6 Å². The third-order valence-electron chi connectivity index (χ3n) is 2.43. The highest BCUT2D eigenvalue weighted by molar-refractivity contribution is 5.77. The van der Waals surface area contributed by atoms with Gasteiger partial charge in [-0.15, -0.1) is 0 Å². The average Bonchev–Trinajstić information content (AvgIpc) is 2.24. The Kier molecular flexibility index (Phi) is 9.65. The van der Waals surface area contributed by atoms with Gasteiger partial charge < -0.3 is 0 Å². The molecule has 0 rings (SSSR count). The van der Waals surface area contributed by atoms with E-state index in [1.165, 1.54) is 51.0 Å². The molecule has 0 amide bonds. The molecule has 0 aromatic rings. The number of hydrogen-bond acceptors (Lipinski definition) is 0. The van der Waals surface area contributed by atoms with Gasteiger partial charge in [0.25, 0.3) is 0 Å². The van der Waals surface area contributed by atoms with Crippen LogP contribution in [0.15, 0.2) is 0 Å². The van der Waals surface area contributed by atoms with Crippen LogP contribution in [0.5, 0.6) is 0 Å².